The summed E-state index contributed by atoms with van der Waals surface area (Å²) in [6, 6.07) is 12.0. The Labute approximate surface area is 158 Å². The molecular formula is C21H23FN2O3. The van der Waals surface area contributed by atoms with E-state index in [0.29, 0.717) is 29.4 Å². The van der Waals surface area contributed by atoms with Gasteiger partial charge in [0.2, 0.25) is 5.91 Å². The molecule has 27 heavy (non-hydrogen) atoms. The van der Waals surface area contributed by atoms with Crippen LogP contribution >= 0.6 is 0 Å². The predicted octanol–water partition coefficient (Wildman–Crippen LogP) is 3.52. The second kappa shape index (κ2) is 8.31. The van der Waals surface area contributed by atoms with E-state index in [0.717, 1.165) is 18.4 Å². The minimum absolute atomic E-state index is 0.168. The molecule has 1 N–H and O–H groups in total. The highest BCUT2D eigenvalue weighted by Gasteiger charge is 2.30. The molecule has 1 aliphatic rings. The van der Waals surface area contributed by atoms with E-state index in [-0.39, 0.29) is 18.3 Å². The molecule has 5 nitrogen and oxygen atoms in total. The number of rotatable bonds is 7. The number of carbonyl (C=O) groups is 2. The highest BCUT2D eigenvalue weighted by Crippen LogP contribution is 2.28. The summed E-state index contributed by atoms with van der Waals surface area (Å²) in [5.41, 5.74) is 2.39. The van der Waals surface area contributed by atoms with Crippen LogP contribution in [0.2, 0.25) is 0 Å². The van der Waals surface area contributed by atoms with Gasteiger partial charge in [-0.15, -0.1) is 0 Å². The molecule has 0 radical (unpaired) electrons. The minimum Gasteiger partial charge on any atom is -0.465 e. The lowest BCUT2D eigenvalue weighted by Gasteiger charge is -2.22. The summed E-state index contributed by atoms with van der Waals surface area (Å²) in [7, 11) is 1.32. The number of ether oxygens (including phenoxy) is 1. The molecule has 0 bridgehead atoms. The normalized spacial score (nSPS) is 13.5. The third kappa shape index (κ3) is 4.92. The van der Waals surface area contributed by atoms with Crippen LogP contribution in [-0.4, -0.2) is 36.5 Å². The Bertz CT molecular complexity index is 849. The first-order chi connectivity index (χ1) is 13.0. The lowest BCUT2D eigenvalue weighted by molar-refractivity contribution is -0.117. The number of amides is 1. The number of carbonyl (C=O) groups excluding carboxylic acids is 2. The van der Waals surface area contributed by atoms with Gasteiger partial charge in [0.1, 0.15) is 5.82 Å². The van der Waals surface area contributed by atoms with Crippen molar-refractivity contribution in [3.05, 3.63) is 65.0 Å². The molecule has 0 atom stereocenters. The quantitative estimate of drug-likeness (QED) is 0.758. The van der Waals surface area contributed by atoms with Gasteiger partial charge in [-0.3, -0.25) is 9.69 Å². The van der Waals surface area contributed by atoms with E-state index in [1.165, 1.54) is 13.2 Å². The summed E-state index contributed by atoms with van der Waals surface area (Å²) in [6.45, 7) is 2.42. The summed E-state index contributed by atoms with van der Waals surface area (Å²) in [4.78, 5) is 26.3. The fourth-order valence-corrected chi connectivity index (χ4v) is 2.97. The van der Waals surface area contributed by atoms with Crippen molar-refractivity contribution in [3.8, 4) is 0 Å². The van der Waals surface area contributed by atoms with Gasteiger partial charge in [0.25, 0.3) is 0 Å². The Morgan fingerprint density at radius 1 is 1.22 bits per heavy atom. The second-order valence-electron chi connectivity index (χ2n) is 6.80. The maximum atomic E-state index is 14.0. The molecule has 0 heterocycles. The van der Waals surface area contributed by atoms with Crippen molar-refractivity contribution in [2.24, 2.45) is 0 Å². The Balaban J connectivity index is 1.68. The van der Waals surface area contributed by atoms with Crippen LogP contribution in [0.3, 0.4) is 0 Å². The molecule has 0 aromatic heterocycles. The molecule has 1 amide bonds. The van der Waals surface area contributed by atoms with Crippen LogP contribution in [0.25, 0.3) is 0 Å². The van der Waals surface area contributed by atoms with Crippen LogP contribution in [0.1, 0.15) is 34.3 Å². The Morgan fingerprint density at radius 3 is 2.63 bits per heavy atom. The Hall–Kier alpha value is -2.73. The summed E-state index contributed by atoms with van der Waals surface area (Å²) >= 11 is 0. The van der Waals surface area contributed by atoms with Crippen LogP contribution in [-0.2, 0) is 16.1 Å². The van der Waals surface area contributed by atoms with Crippen LogP contribution in [0, 0.1) is 12.7 Å². The number of esters is 1. The van der Waals surface area contributed by atoms with Gasteiger partial charge in [0, 0.05) is 23.8 Å². The molecular weight excluding hydrogens is 347 g/mol. The molecule has 1 saturated carbocycles. The van der Waals surface area contributed by atoms with Gasteiger partial charge in [0.15, 0.2) is 0 Å². The summed E-state index contributed by atoms with van der Waals surface area (Å²) in [5, 5.41) is 2.86. The Kier molecular flexibility index (Phi) is 5.86. The standard InChI is InChI=1S/C21H23FN2O3/c1-14-7-8-15(21(26)27-2)11-19(14)23-20(25)13-24(17-9-10-17)12-16-5-3-4-6-18(16)22/h3-8,11,17H,9-10,12-13H2,1-2H3,(H,23,25). The molecule has 0 saturated heterocycles. The number of nitrogens with one attached hydrogen (secondary N) is 1. The summed E-state index contributed by atoms with van der Waals surface area (Å²) in [5.74, 6) is -0.904. The second-order valence-corrected chi connectivity index (χ2v) is 6.80. The molecule has 0 aliphatic heterocycles. The van der Waals surface area contributed by atoms with Crippen LogP contribution in [0.5, 0.6) is 0 Å². The van der Waals surface area contributed by atoms with E-state index in [1.807, 2.05) is 11.8 Å². The Morgan fingerprint density at radius 2 is 1.96 bits per heavy atom. The lowest BCUT2D eigenvalue weighted by atomic mass is 10.1. The molecule has 3 rings (SSSR count). The minimum atomic E-state index is -0.454. The zero-order valence-corrected chi connectivity index (χ0v) is 15.5. The number of benzene rings is 2. The van der Waals surface area contributed by atoms with Gasteiger partial charge in [-0.05, 0) is 43.5 Å². The fourth-order valence-electron chi connectivity index (χ4n) is 2.97. The first-order valence-electron chi connectivity index (χ1n) is 8.94. The first kappa shape index (κ1) is 19.0. The molecule has 0 unspecified atom stereocenters. The number of aryl methyl sites for hydroxylation is 1. The summed E-state index contributed by atoms with van der Waals surface area (Å²) in [6.07, 6.45) is 2.02. The molecule has 2 aromatic carbocycles. The maximum absolute atomic E-state index is 14.0. The first-order valence-corrected chi connectivity index (χ1v) is 8.94. The van der Waals surface area contributed by atoms with Crippen molar-refractivity contribution in [2.45, 2.75) is 32.4 Å². The van der Waals surface area contributed by atoms with Crippen molar-refractivity contribution >= 4 is 17.6 Å². The van der Waals surface area contributed by atoms with Crippen molar-refractivity contribution in [2.75, 3.05) is 19.0 Å². The van der Waals surface area contributed by atoms with Crippen molar-refractivity contribution in [1.82, 2.24) is 4.90 Å². The van der Waals surface area contributed by atoms with Crippen molar-refractivity contribution < 1.29 is 18.7 Å². The van der Waals surface area contributed by atoms with E-state index >= 15 is 0 Å². The van der Waals surface area contributed by atoms with Gasteiger partial charge < -0.3 is 10.1 Å². The topological polar surface area (TPSA) is 58.6 Å². The van der Waals surface area contributed by atoms with E-state index in [1.54, 1.807) is 36.4 Å². The third-order valence-corrected chi connectivity index (χ3v) is 4.67. The van der Waals surface area contributed by atoms with Gasteiger partial charge in [-0.1, -0.05) is 24.3 Å². The number of hydrogen-bond acceptors (Lipinski definition) is 4. The van der Waals surface area contributed by atoms with E-state index in [2.05, 4.69) is 5.32 Å². The highest BCUT2D eigenvalue weighted by atomic mass is 19.1. The number of methoxy groups -OCH3 is 1. The van der Waals surface area contributed by atoms with Crippen molar-refractivity contribution in [3.63, 3.8) is 0 Å². The molecule has 1 fully saturated rings. The molecule has 1 aliphatic carbocycles. The molecule has 142 valence electrons. The third-order valence-electron chi connectivity index (χ3n) is 4.67. The predicted molar refractivity (Wildman–Crippen MR) is 101 cm³/mol. The van der Waals surface area contributed by atoms with E-state index in [4.69, 9.17) is 4.74 Å². The molecule has 0 spiro atoms. The van der Waals surface area contributed by atoms with Crippen LogP contribution in [0.4, 0.5) is 10.1 Å². The average molecular weight is 370 g/mol. The number of halogens is 1. The maximum Gasteiger partial charge on any atom is 0.337 e. The number of nitrogens with zero attached hydrogens (tertiary/aromatic N) is 1. The van der Waals surface area contributed by atoms with Gasteiger partial charge in [-0.25, -0.2) is 9.18 Å². The summed E-state index contributed by atoms with van der Waals surface area (Å²) < 4.78 is 18.7. The van der Waals surface area contributed by atoms with Gasteiger partial charge in [-0.2, -0.15) is 0 Å². The monoisotopic (exact) mass is 370 g/mol. The average Bonchev–Trinajstić information content (AvgIpc) is 3.49. The fraction of sp³-hybridized carbons (Fsp3) is 0.333. The number of hydrogen-bond donors (Lipinski definition) is 1. The lowest BCUT2D eigenvalue weighted by Crippen LogP contribution is -2.35. The van der Waals surface area contributed by atoms with Crippen molar-refractivity contribution in [1.29, 1.82) is 0 Å². The molecule has 2 aromatic rings. The van der Waals surface area contributed by atoms with Gasteiger partial charge >= 0.3 is 5.97 Å². The van der Waals surface area contributed by atoms with Crippen LogP contribution in [0.15, 0.2) is 42.5 Å². The zero-order chi connectivity index (χ0) is 19.4. The zero-order valence-electron chi connectivity index (χ0n) is 15.5. The smallest absolute Gasteiger partial charge is 0.337 e. The number of anilines is 1. The van der Waals surface area contributed by atoms with E-state index in [9.17, 15) is 14.0 Å². The largest absolute Gasteiger partial charge is 0.465 e. The van der Waals surface area contributed by atoms with Gasteiger partial charge in [0.05, 0.1) is 19.2 Å². The highest BCUT2D eigenvalue weighted by molar-refractivity contribution is 5.96. The SMILES string of the molecule is COC(=O)c1ccc(C)c(NC(=O)CN(Cc2ccccc2F)C2CC2)c1. The van der Waals surface area contributed by atoms with E-state index < -0.39 is 5.97 Å². The van der Waals surface area contributed by atoms with Crippen LogP contribution < -0.4 is 5.32 Å². The molecule has 6 heteroatoms.